The minimum absolute atomic E-state index is 0.0193. The summed E-state index contributed by atoms with van der Waals surface area (Å²) >= 11 is 6.23. The smallest absolute Gasteiger partial charge is 0.271 e. The van der Waals surface area contributed by atoms with E-state index in [1.165, 1.54) is 19.1 Å². The molecule has 1 heterocycles. The van der Waals surface area contributed by atoms with Crippen LogP contribution in [0.4, 0.5) is 17.1 Å². The summed E-state index contributed by atoms with van der Waals surface area (Å²) in [5.74, 6) is -0.0933. The van der Waals surface area contributed by atoms with Crippen LogP contribution in [0, 0.1) is 10.1 Å². The van der Waals surface area contributed by atoms with Crippen LogP contribution in [-0.4, -0.2) is 17.4 Å². The van der Waals surface area contributed by atoms with Crippen molar-refractivity contribution in [1.82, 2.24) is 0 Å². The zero-order valence-corrected chi connectivity index (χ0v) is 13.8. The Kier molecular flexibility index (Phi) is 4.40. The van der Waals surface area contributed by atoms with Gasteiger partial charge in [0.1, 0.15) is 0 Å². The number of amides is 1. The summed E-state index contributed by atoms with van der Waals surface area (Å²) in [6, 6.07) is 10.3. The SMILES string of the molecule is CC(=O)Nc1cccc2c1CCN(c1ccc([N+](=O)[O-])cc1Cl)C2. The van der Waals surface area contributed by atoms with Gasteiger partial charge in [0, 0.05) is 37.8 Å². The first kappa shape index (κ1) is 16.3. The van der Waals surface area contributed by atoms with Crippen LogP contribution in [-0.2, 0) is 17.8 Å². The lowest BCUT2D eigenvalue weighted by Crippen LogP contribution is -2.31. The van der Waals surface area contributed by atoms with Gasteiger partial charge in [-0.1, -0.05) is 23.7 Å². The minimum Gasteiger partial charge on any atom is -0.366 e. The summed E-state index contributed by atoms with van der Waals surface area (Å²) < 4.78 is 0. The number of hydrogen-bond donors (Lipinski definition) is 1. The Bertz CT molecular complexity index is 823. The second kappa shape index (κ2) is 6.49. The molecule has 124 valence electrons. The van der Waals surface area contributed by atoms with Gasteiger partial charge in [-0.15, -0.1) is 0 Å². The molecule has 0 spiro atoms. The summed E-state index contributed by atoms with van der Waals surface area (Å²) in [7, 11) is 0. The normalized spacial score (nSPS) is 13.3. The Morgan fingerprint density at radius 2 is 2.12 bits per heavy atom. The van der Waals surface area contributed by atoms with Crippen molar-refractivity contribution in [3.63, 3.8) is 0 Å². The molecule has 6 nitrogen and oxygen atoms in total. The second-order valence-electron chi connectivity index (χ2n) is 5.69. The molecule has 0 fully saturated rings. The number of non-ortho nitro benzene ring substituents is 1. The van der Waals surface area contributed by atoms with Gasteiger partial charge in [-0.2, -0.15) is 0 Å². The van der Waals surface area contributed by atoms with Crippen LogP contribution in [0.1, 0.15) is 18.1 Å². The maximum atomic E-state index is 11.3. The van der Waals surface area contributed by atoms with Crippen molar-refractivity contribution < 1.29 is 9.72 Å². The molecular weight excluding hydrogens is 330 g/mol. The van der Waals surface area contributed by atoms with E-state index in [1.54, 1.807) is 6.07 Å². The van der Waals surface area contributed by atoms with Crippen LogP contribution >= 0.6 is 11.6 Å². The van der Waals surface area contributed by atoms with Crippen LogP contribution in [0.2, 0.25) is 5.02 Å². The van der Waals surface area contributed by atoms with Crippen LogP contribution in [0.25, 0.3) is 0 Å². The molecule has 2 aromatic rings. The van der Waals surface area contributed by atoms with Gasteiger partial charge < -0.3 is 10.2 Å². The number of benzene rings is 2. The first-order valence-electron chi connectivity index (χ1n) is 7.53. The molecule has 0 unspecified atom stereocenters. The minimum atomic E-state index is -0.457. The second-order valence-corrected chi connectivity index (χ2v) is 6.10. The lowest BCUT2D eigenvalue weighted by Gasteiger charge is -2.32. The molecule has 1 aliphatic rings. The summed E-state index contributed by atoms with van der Waals surface area (Å²) in [4.78, 5) is 23.8. The molecule has 1 N–H and O–H groups in total. The molecule has 0 radical (unpaired) electrons. The van der Waals surface area contributed by atoms with Crippen molar-refractivity contribution in [2.24, 2.45) is 0 Å². The highest BCUT2D eigenvalue weighted by atomic mass is 35.5. The van der Waals surface area contributed by atoms with Crippen molar-refractivity contribution >= 4 is 34.6 Å². The highest BCUT2D eigenvalue weighted by Gasteiger charge is 2.22. The van der Waals surface area contributed by atoms with E-state index in [0.29, 0.717) is 11.6 Å². The predicted molar refractivity (Wildman–Crippen MR) is 93.6 cm³/mol. The predicted octanol–water partition coefficient (Wildman–Crippen LogP) is 3.77. The first-order valence-corrected chi connectivity index (χ1v) is 7.91. The van der Waals surface area contributed by atoms with Crippen molar-refractivity contribution in [1.29, 1.82) is 0 Å². The third kappa shape index (κ3) is 3.19. The highest BCUT2D eigenvalue weighted by Crippen LogP contribution is 2.34. The van der Waals surface area contributed by atoms with Gasteiger partial charge in [0.2, 0.25) is 5.91 Å². The number of nitrogens with one attached hydrogen (secondary N) is 1. The van der Waals surface area contributed by atoms with Gasteiger partial charge in [0.15, 0.2) is 0 Å². The maximum Gasteiger partial charge on any atom is 0.271 e. The van der Waals surface area contributed by atoms with Crippen molar-refractivity contribution in [2.45, 2.75) is 19.9 Å². The zero-order valence-electron chi connectivity index (χ0n) is 13.1. The van der Waals surface area contributed by atoms with Crippen LogP contribution in [0.15, 0.2) is 36.4 Å². The van der Waals surface area contributed by atoms with Gasteiger partial charge in [-0.05, 0) is 29.7 Å². The Labute approximate surface area is 144 Å². The Hall–Kier alpha value is -2.60. The molecule has 0 atom stereocenters. The van der Waals surface area contributed by atoms with Gasteiger partial charge in [0.05, 0.1) is 15.6 Å². The third-order valence-corrected chi connectivity index (χ3v) is 4.36. The number of halogens is 1. The third-order valence-electron chi connectivity index (χ3n) is 4.06. The molecule has 24 heavy (non-hydrogen) atoms. The van der Waals surface area contributed by atoms with Crippen molar-refractivity contribution in [3.8, 4) is 0 Å². The Balaban J connectivity index is 1.88. The van der Waals surface area contributed by atoms with Gasteiger partial charge in [-0.25, -0.2) is 0 Å². The van der Waals surface area contributed by atoms with E-state index in [9.17, 15) is 14.9 Å². The number of fused-ring (bicyclic) bond motifs is 1. The van der Waals surface area contributed by atoms with Crippen LogP contribution < -0.4 is 10.2 Å². The maximum absolute atomic E-state index is 11.3. The molecular formula is C17H16ClN3O3. The van der Waals surface area contributed by atoms with Crippen LogP contribution in [0.5, 0.6) is 0 Å². The molecule has 0 saturated heterocycles. The lowest BCUT2D eigenvalue weighted by atomic mass is 9.97. The number of carbonyl (C=O) groups excluding carboxylic acids is 1. The molecule has 0 aliphatic carbocycles. The average molecular weight is 346 g/mol. The number of carbonyl (C=O) groups is 1. The fourth-order valence-electron chi connectivity index (χ4n) is 2.99. The molecule has 1 amide bonds. The van der Waals surface area contributed by atoms with E-state index in [1.807, 2.05) is 18.2 Å². The summed E-state index contributed by atoms with van der Waals surface area (Å²) in [5, 5.41) is 14.1. The van der Waals surface area contributed by atoms with Crippen molar-refractivity contribution in [3.05, 3.63) is 62.7 Å². The monoisotopic (exact) mass is 345 g/mol. The van der Waals surface area contributed by atoms with Gasteiger partial charge in [-0.3, -0.25) is 14.9 Å². The summed E-state index contributed by atoms with van der Waals surface area (Å²) in [6.07, 6.45) is 0.763. The fraction of sp³-hybridized carbons (Fsp3) is 0.235. The fourth-order valence-corrected chi connectivity index (χ4v) is 3.28. The highest BCUT2D eigenvalue weighted by molar-refractivity contribution is 6.33. The molecule has 0 bridgehead atoms. The standard InChI is InChI=1S/C17H16ClN3O3/c1-11(22)19-16-4-2-3-12-10-20(8-7-14(12)16)17-6-5-13(21(23)24)9-15(17)18/h2-6,9H,7-8,10H2,1H3,(H,19,22). The van der Waals surface area contributed by atoms with E-state index < -0.39 is 4.92 Å². The van der Waals surface area contributed by atoms with E-state index in [0.717, 1.165) is 35.5 Å². The quantitative estimate of drug-likeness (QED) is 0.678. The van der Waals surface area contributed by atoms with E-state index in [2.05, 4.69) is 10.2 Å². The molecule has 3 rings (SSSR count). The molecule has 0 saturated carbocycles. The molecule has 1 aliphatic heterocycles. The average Bonchev–Trinajstić information content (AvgIpc) is 2.54. The first-order chi connectivity index (χ1) is 11.5. The number of nitrogens with zero attached hydrogens (tertiary/aromatic N) is 2. The number of rotatable bonds is 3. The topological polar surface area (TPSA) is 75.5 Å². The summed E-state index contributed by atoms with van der Waals surface area (Å²) in [6.45, 7) is 2.85. The molecule has 0 aromatic heterocycles. The van der Waals surface area contributed by atoms with Gasteiger partial charge in [0.25, 0.3) is 5.69 Å². The van der Waals surface area contributed by atoms with Crippen LogP contribution in [0.3, 0.4) is 0 Å². The van der Waals surface area contributed by atoms with E-state index >= 15 is 0 Å². The van der Waals surface area contributed by atoms with E-state index in [4.69, 9.17) is 11.6 Å². The zero-order chi connectivity index (χ0) is 17.3. The van der Waals surface area contributed by atoms with E-state index in [-0.39, 0.29) is 11.6 Å². The molecule has 2 aromatic carbocycles. The Morgan fingerprint density at radius 1 is 1.33 bits per heavy atom. The van der Waals surface area contributed by atoms with Crippen molar-refractivity contribution in [2.75, 3.05) is 16.8 Å². The number of nitro benzene ring substituents is 1. The summed E-state index contributed by atoms with van der Waals surface area (Å²) in [5.41, 5.74) is 3.84. The number of hydrogen-bond acceptors (Lipinski definition) is 4. The lowest BCUT2D eigenvalue weighted by molar-refractivity contribution is -0.384. The molecule has 7 heteroatoms. The Morgan fingerprint density at radius 3 is 2.79 bits per heavy atom. The number of anilines is 2. The number of nitro groups is 1. The van der Waals surface area contributed by atoms with Gasteiger partial charge >= 0.3 is 0 Å². The largest absolute Gasteiger partial charge is 0.366 e.